The van der Waals surface area contributed by atoms with Crippen LogP contribution in [-0.4, -0.2) is 31.2 Å². The predicted molar refractivity (Wildman–Crippen MR) is 91.9 cm³/mol. The normalized spacial score (nSPS) is 10.4. The summed E-state index contributed by atoms with van der Waals surface area (Å²) in [6, 6.07) is 13.3. The number of rotatable bonds is 5. The second-order valence-electron chi connectivity index (χ2n) is 4.89. The lowest BCUT2D eigenvalue weighted by molar-refractivity contribution is 0.395. The van der Waals surface area contributed by atoms with Gasteiger partial charge in [-0.25, -0.2) is 9.97 Å². The van der Waals surface area contributed by atoms with Crippen molar-refractivity contribution in [2.24, 2.45) is 0 Å². The van der Waals surface area contributed by atoms with Crippen molar-refractivity contribution in [3.05, 3.63) is 42.5 Å². The molecule has 3 rings (SSSR count). The highest BCUT2D eigenvalue weighted by Crippen LogP contribution is 2.30. The van der Waals surface area contributed by atoms with Gasteiger partial charge in [-0.05, 0) is 12.1 Å². The molecule has 2 N–H and O–H groups in total. The number of ether oxygens (including phenoxy) is 2. The maximum Gasteiger partial charge on any atom is 0.174 e. The molecule has 0 fully saturated rings. The molecular weight excluding hydrogens is 292 g/mol. The predicted octanol–water partition coefficient (Wildman–Crippen LogP) is 3.43. The number of aromatic nitrogens is 2. The van der Waals surface area contributed by atoms with E-state index in [0.29, 0.717) is 23.1 Å². The molecule has 0 bridgehead atoms. The van der Waals surface area contributed by atoms with Crippen molar-refractivity contribution in [2.75, 3.05) is 31.9 Å². The van der Waals surface area contributed by atoms with Crippen molar-refractivity contribution in [3.8, 4) is 11.5 Å². The molecule has 0 aliphatic rings. The smallest absolute Gasteiger partial charge is 0.174 e. The zero-order chi connectivity index (χ0) is 16.2. The average molecular weight is 310 g/mol. The minimum Gasteiger partial charge on any atom is -0.497 e. The fourth-order valence-electron chi connectivity index (χ4n) is 2.28. The Hall–Kier alpha value is -3.02. The van der Waals surface area contributed by atoms with Gasteiger partial charge in [-0.3, -0.25) is 0 Å². The highest BCUT2D eigenvalue weighted by molar-refractivity contribution is 5.81. The summed E-state index contributed by atoms with van der Waals surface area (Å²) in [5, 5.41) is 6.34. The molecule has 0 atom stereocenters. The molecule has 0 radical (unpaired) electrons. The number of nitrogens with zero attached hydrogens (tertiary/aromatic N) is 2. The highest BCUT2D eigenvalue weighted by Gasteiger charge is 2.09. The molecule has 0 aliphatic carbocycles. The van der Waals surface area contributed by atoms with Gasteiger partial charge < -0.3 is 20.1 Å². The van der Waals surface area contributed by atoms with Gasteiger partial charge in [-0.2, -0.15) is 0 Å². The Balaban J connectivity index is 2.03. The molecule has 0 spiro atoms. The van der Waals surface area contributed by atoms with Crippen LogP contribution in [-0.2, 0) is 0 Å². The zero-order valence-corrected chi connectivity index (χ0v) is 13.3. The first kappa shape index (κ1) is 14.9. The molecule has 1 aromatic heterocycles. The van der Waals surface area contributed by atoms with Crippen LogP contribution >= 0.6 is 0 Å². The topological polar surface area (TPSA) is 68.3 Å². The van der Waals surface area contributed by atoms with Crippen LogP contribution in [0.5, 0.6) is 11.5 Å². The SMILES string of the molecule is CNc1nc2ccccc2nc1Nc1cc(OC)cc(OC)c1. The molecule has 6 nitrogen and oxygen atoms in total. The number of methoxy groups -OCH3 is 2. The quantitative estimate of drug-likeness (QED) is 0.752. The maximum atomic E-state index is 5.29. The average Bonchev–Trinajstić information content (AvgIpc) is 2.60. The summed E-state index contributed by atoms with van der Waals surface area (Å²) in [5.74, 6) is 2.71. The molecule has 0 saturated heterocycles. The van der Waals surface area contributed by atoms with E-state index in [1.807, 2.05) is 49.5 Å². The number of fused-ring (bicyclic) bond motifs is 1. The van der Waals surface area contributed by atoms with E-state index in [2.05, 4.69) is 20.6 Å². The third-order valence-corrected chi connectivity index (χ3v) is 3.42. The standard InChI is InChI=1S/C17H18N4O2/c1-18-16-17(21-15-7-5-4-6-14(15)20-16)19-11-8-12(22-2)10-13(9-11)23-3/h4-10H,1-3H3,(H,18,20)(H,19,21). The fraction of sp³-hybridized carbons (Fsp3) is 0.176. The largest absolute Gasteiger partial charge is 0.497 e. The first-order valence-electron chi connectivity index (χ1n) is 7.18. The minimum atomic E-state index is 0.640. The Morgan fingerprint density at radius 2 is 1.39 bits per heavy atom. The molecule has 0 aliphatic heterocycles. The lowest BCUT2D eigenvalue weighted by Gasteiger charge is -2.13. The summed E-state index contributed by atoms with van der Waals surface area (Å²) in [6.45, 7) is 0. The van der Waals surface area contributed by atoms with Crippen molar-refractivity contribution in [1.82, 2.24) is 9.97 Å². The Morgan fingerprint density at radius 3 is 1.91 bits per heavy atom. The highest BCUT2D eigenvalue weighted by atomic mass is 16.5. The van der Waals surface area contributed by atoms with Gasteiger partial charge in [0.15, 0.2) is 11.6 Å². The zero-order valence-electron chi connectivity index (χ0n) is 13.3. The molecule has 3 aromatic rings. The van der Waals surface area contributed by atoms with Crippen LogP contribution in [0, 0.1) is 0 Å². The van der Waals surface area contributed by atoms with E-state index in [0.717, 1.165) is 16.7 Å². The van der Waals surface area contributed by atoms with Crippen LogP contribution in [0.2, 0.25) is 0 Å². The molecule has 1 heterocycles. The summed E-state index contributed by atoms with van der Waals surface area (Å²) >= 11 is 0. The fourth-order valence-corrected chi connectivity index (χ4v) is 2.28. The molecule has 2 aromatic carbocycles. The van der Waals surface area contributed by atoms with E-state index in [9.17, 15) is 0 Å². The minimum absolute atomic E-state index is 0.640. The summed E-state index contributed by atoms with van der Waals surface area (Å²) in [4.78, 5) is 9.21. The third kappa shape index (κ3) is 3.11. The van der Waals surface area contributed by atoms with Crippen LogP contribution in [0.15, 0.2) is 42.5 Å². The van der Waals surface area contributed by atoms with E-state index >= 15 is 0 Å². The molecule has 0 saturated carbocycles. The molecule has 23 heavy (non-hydrogen) atoms. The van der Waals surface area contributed by atoms with Gasteiger partial charge in [-0.15, -0.1) is 0 Å². The second-order valence-corrected chi connectivity index (χ2v) is 4.89. The van der Waals surface area contributed by atoms with E-state index in [4.69, 9.17) is 9.47 Å². The molecule has 6 heteroatoms. The van der Waals surface area contributed by atoms with Gasteiger partial charge in [0.1, 0.15) is 11.5 Å². The van der Waals surface area contributed by atoms with Crippen molar-refractivity contribution in [1.29, 1.82) is 0 Å². The maximum absolute atomic E-state index is 5.29. The van der Waals surface area contributed by atoms with E-state index in [1.165, 1.54) is 0 Å². The first-order valence-corrected chi connectivity index (χ1v) is 7.18. The number of para-hydroxylation sites is 2. The Morgan fingerprint density at radius 1 is 0.826 bits per heavy atom. The summed E-state index contributed by atoms with van der Waals surface area (Å²) in [7, 11) is 5.05. The van der Waals surface area contributed by atoms with Crippen LogP contribution in [0.4, 0.5) is 17.3 Å². The summed E-state index contributed by atoms with van der Waals surface area (Å²) in [6.07, 6.45) is 0. The van der Waals surface area contributed by atoms with E-state index < -0.39 is 0 Å². The van der Waals surface area contributed by atoms with Gasteiger partial charge in [0, 0.05) is 30.9 Å². The van der Waals surface area contributed by atoms with Crippen LogP contribution in [0.1, 0.15) is 0 Å². The first-order chi connectivity index (χ1) is 11.2. The van der Waals surface area contributed by atoms with Gasteiger partial charge in [-0.1, -0.05) is 12.1 Å². The van der Waals surface area contributed by atoms with E-state index in [1.54, 1.807) is 14.2 Å². The summed E-state index contributed by atoms with van der Waals surface area (Å²) in [5.41, 5.74) is 2.47. The second kappa shape index (κ2) is 6.39. The Labute approximate surface area is 134 Å². The van der Waals surface area contributed by atoms with Gasteiger partial charge in [0.25, 0.3) is 0 Å². The number of anilines is 3. The number of nitrogens with one attached hydrogen (secondary N) is 2. The van der Waals surface area contributed by atoms with E-state index in [-0.39, 0.29) is 0 Å². The van der Waals surface area contributed by atoms with Gasteiger partial charge >= 0.3 is 0 Å². The van der Waals surface area contributed by atoms with Crippen molar-refractivity contribution in [3.63, 3.8) is 0 Å². The Bertz CT molecular complexity index is 814. The van der Waals surface area contributed by atoms with Crippen LogP contribution in [0.25, 0.3) is 11.0 Å². The van der Waals surface area contributed by atoms with Crippen LogP contribution in [0.3, 0.4) is 0 Å². The van der Waals surface area contributed by atoms with Gasteiger partial charge in [0.05, 0.1) is 25.3 Å². The third-order valence-electron chi connectivity index (χ3n) is 3.42. The number of hydrogen-bond acceptors (Lipinski definition) is 6. The number of hydrogen-bond donors (Lipinski definition) is 2. The molecule has 0 unspecified atom stereocenters. The molecule has 0 amide bonds. The van der Waals surface area contributed by atoms with Gasteiger partial charge in [0.2, 0.25) is 0 Å². The summed E-state index contributed by atoms with van der Waals surface area (Å²) < 4.78 is 10.6. The Kier molecular flexibility index (Phi) is 4.14. The van der Waals surface area contributed by atoms with Crippen molar-refractivity contribution in [2.45, 2.75) is 0 Å². The molecule has 118 valence electrons. The van der Waals surface area contributed by atoms with Crippen molar-refractivity contribution >= 4 is 28.4 Å². The lowest BCUT2D eigenvalue weighted by Crippen LogP contribution is -2.03. The monoisotopic (exact) mass is 310 g/mol. The lowest BCUT2D eigenvalue weighted by atomic mass is 10.2. The van der Waals surface area contributed by atoms with Crippen LogP contribution < -0.4 is 20.1 Å². The van der Waals surface area contributed by atoms with Crippen molar-refractivity contribution < 1.29 is 9.47 Å². The number of benzene rings is 2. The molecular formula is C17H18N4O2.